The molecule has 1 aliphatic rings. The van der Waals surface area contributed by atoms with Crippen molar-refractivity contribution in [2.75, 3.05) is 5.32 Å². The lowest BCUT2D eigenvalue weighted by molar-refractivity contribution is 0.912. The number of hydrogen-bond donors (Lipinski definition) is 1. The van der Waals surface area contributed by atoms with Gasteiger partial charge in [0.2, 0.25) is 0 Å². The summed E-state index contributed by atoms with van der Waals surface area (Å²) in [5.74, 6) is 0.905. The highest BCUT2D eigenvalue weighted by Crippen LogP contribution is 2.36. The largest absolute Gasteiger partial charge is 0.340 e. The molecule has 0 saturated carbocycles. The molecule has 0 spiro atoms. The summed E-state index contributed by atoms with van der Waals surface area (Å²) in [6, 6.07) is 19.2. The van der Waals surface area contributed by atoms with E-state index in [4.69, 9.17) is 4.98 Å². The molecule has 0 radical (unpaired) electrons. The highest BCUT2D eigenvalue weighted by atomic mass is 32.2. The normalized spacial score (nSPS) is 12.9. The van der Waals surface area contributed by atoms with Gasteiger partial charge in [-0.3, -0.25) is 4.98 Å². The summed E-state index contributed by atoms with van der Waals surface area (Å²) in [7, 11) is 0. The molecule has 27 heavy (non-hydrogen) atoms. The average Bonchev–Trinajstić information content (AvgIpc) is 3.18. The van der Waals surface area contributed by atoms with Gasteiger partial charge in [0.1, 0.15) is 5.82 Å². The summed E-state index contributed by atoms with van der Waals surface area (Å²) < 4.78 is 0. The molecule has 1 aliphatic carbocycles. The standard InChI is InChI=1S/C23H19N3S/c1-2-7-21-20(6-1)22(27-19-10-12-24-13-11-19)15-25-23(21)26-18-9-8-16-4-3-5-17(16)14-18/h1-2,6-15H,3-5H2,(H,25,26). The first-order chi connectivity index (χ1) is 13.4. The lowest BCUT2D eigenvalue weighted by Crippen LogP contribution is -1.97. The molecule has 0 atom stereocenters. The number of anilines is 2. The number of pyridine rings is 2. The van der Waals surface area contributed by atoms with Crippen LogP contribution in [-0.4, -0.2) is 9.97 Å². The maximum Gasteiger partial charge on any atom is 0.138 e. The SMILES string of the molecule is c1ccc2c(Nc3ccc4c(c3)CCC4)ncc(Sc3ccncc3)c2c1. The van der Waals surface area contributed by atoms with E-state index in [0.717, 1.165) is 26.7 Å². The molecule has 3 nitrogen and oxygen atoms in total. The van der Waals surface area contributed by atoms with Crippen LogP contribution in [-0.2, 0) is 12.8 Å². The third kappa shape index (κ3) is 3.28. The van der Waals surface area contributed by atoms with E-state index in [2.05, 4.69) is 52.8 Å². The van der Waals surface area contributed by atoms with E-state index in [-0.39, 0.29) is 0 Å². The topological polar surface area (TPSA) is 37.8 Å². The van der Waals surface area contributed by atoms with Crippen LogP contribution in [0.25, 0.3) is 10.8 Å². The van der Waals surface area contributed by atoms with Crippen LogP contribution in [0.5, 0.6) is 0 Å². The molecule has 0 fully saturated rings. The Kier molecular flexibility index (Phi) is 4.26. The number of aromatic nitrogens is 2. The van der Waals surface area contributed by atoms with Crippen molar-refractivity contribution in [2.45, 2.75) is 29.1 Å². The Balaban J connectivity index is 1.51. The summed E-state index contributed by atoms with van der Waals surface area (Å²) in [6.45, 7) is 0. The summed E-state index contributed by atoms with van der Waals surface area (Å²) in [5, 5.41) is 5.88. The van der Waals surface area contributed by atoms with E-state index in [1.807, 2.05) is 30.7 Å². The fraction of sp³-hybridized carbons (Fsp3) is 0.130. The molecule has 0 unspecified atom stereocenters. The highest BCUT2D eigenvalue weighted by Gasteiger charge is 2.13. The van der Waals surface area contributed by atoms with Gasteiger partial charge in [-0.25, -0.2) is 4.98 Å². The van der Waals surface area contributed by atoms with Crippen molar-refractivity contribution >= 4 is 34.0 Å². The number of nitrogens with zero attached hydrogens (tertiary/aromatic N) is 2. The second-order valence-electron chi connectivity index (χ2n) is 6.76. The molecule has 0 aliphatic heterocycles. The second kappa shape index (κ2) is 7.05. The van der Waals surface area contributed by atoms with Crippen molar-refractivity contribution in [3.05, 3.63) is 84.3 Å². The van der Waals surface area contributed by atoms with Gasteiger partial charge in [0.15, 0.2) is 0 Å². The molecule has 0 bridgehead atoms. The minimum absolute atomic E-state index is 0.905. The number of fused-ring (bicyclic) bond motifs is 2. The lowest BCUT2D eigenvalue weighted by Gasteiger charge is -2.13. The van der Waals surface area contributed by atoms with Crippen LogP contribution in [0.1, 0.15) is 17.5 Å². The number of aryl methyl sites for hydroxylation is 2. The Bertz CT molecular complexity index is 1110. The van der Waals surface area contributed by atoms with Crippen LogP contribution in [0.3, 0.4) is 0 Å². The first-order valence-corrected chi connectivity index (χ1v) is 10.0. The number of benzene rings is 2. The van der Waals surface area contributed by atoms with Gasteiger partial charge in [-0.15, -0.1) is 0 Å². The fourth-order valence-corrected chi connectivity index (χ4v) is 4.57. The van der Waals surface area contributed by atoms with Crippen LogP contribution in [0.15, 0.2) is 83.0 Å². The summed E-state index contributed by atoms with van der Waals surface area (Å²) in [4.78, 5) is 11.2. The van der Waals surface area contributed by atoms with Gasteiger partial charge in [0, 0.05) is 44.8 Å². The van der Waals surface area contributed by atoms with Crippen LogP contribution in [0.2, 0.25) is 0 Å². The molecule has 5 rings (SSSR count). The fourth-order valence-electron chi connectivity index (χ4n) is 3.67. The zero-order chi connectivity index (χ0) is 18.1. The smallest absolute Gasteiger partial charge is 0.138 e. The van der Waals surface area contributed by atoms with Gasteiger partial charge in [-0.2, -0.15) is 0 Å². The van der Waals surface area contributed by atoms with Crippen LogP contribution in [0.4, 0.5) is 11.5 Å². The van der Waals surface area contributed by atoms with E-state index in [1.165, 1.54) is 35.8 Å². The molecule has 0 saturated heterocycles. The van der Waals surface area contributed by atoms with E-state index >= 15 is 0 Å². The van der Waals surface area contributed by atoms with Crippen LogP contribution < -0.4 is 5.32 Å². The van der Waals surface area contributed by atoms with Crippen molar-refractivity contribution < 1.29 is 0 Å². The zero-order valence-electron chi connectivity index (χ0n) is 14.9. The third-order valence-electron chi connectivity index (χ3n) is 5.00. The van der Waals surface area contributed by atoms with Gasteiger partial charge in [-0.05, 0) is 54.7 Å². The quantitative estimate of drug-likeness (QED) is 0.478. The van der Waals surface area contributed by atoms with E-state index in [1.54, 1.807) is 11.8 Å². The Morgan fingerprint density at radius 2 is 1.67 bits per heavy atom. The molecule has 0 amide bonds. The first-order valence-electron chi connectivity index (χ1n) is 9.21. The van der Waals surface area contributed by atoms with E-state index in [0.29, 0.717) is 0 Å². The Hall–Kier alpha value is -2.85. The van der Waals surface area contributed by atoms with Crippen molar-refractivity contribution in [1.29, 1.82) is 0 Å². The summed E-state index contributed by atoms with van der Waals surface area (Å²) in [6.07, 6.45) is 9.26. The minimum atomic E-state index is 0.905. The molecule has 2 aromatic carbocycles. The average molecular weight is 369 g/mol. The first kappa shape index (κ1) is 16.3. The molecular weight excluding hydrogens is 350 g/mol. The van der Waals surface area contributed by atoms with Crippen LogP contribution >= 0.6 is 11.8 Å². The van der Waals surface area contributed by atoms with Gasteiger partial charge in [-0.1, -0.05) is 42.1 Å². The maximum atomic E-state index is 4.74. The van der Waals surface area contributed by atoms with Gasteiger partial charge in [0.05, 0.1) is 0 Å². The molecule has 2 heterocycles. The van der Waals surface area contributed by atoms with Crippen molar-refractivity contribution in [3.8, 4) is 0 Å². The Morgan fingerprint density at radius 1 is 0.852 bits per heavy atom. The maximum absolute atomic E-state index is 4.74. The Morgan fingerprint density at radius 3 is 2.56 bits per heavy atom. The molecular formula is C23H19N3S. The van der Waals surface area contributed by atoms with Gasteiger partial charge >= 0.3 is 0 Å². The Labute approximate surface area is 162 Å². The molecule has 132 valence electrons. The van der Waals surface area contributed by atoms with E-state index < -0.39 is 0 Å². The van der Waals surface area contributed by atoms with E-state index in [9.17, 15) is 0 Å². The molecule has 2 aromatic heterocycles. The number of hydrogen-bond acceptors (Lipinski definition) is 4. The highest BCUT2D eigenvalue weighted by molar-refractivity contribution is 7.99. The monoisotopic (exact) mass is 369 g/mol. The van der Waals surface area contributed by atoms with Gasteiger partial charge in [0.25, 0.3) is 0 Å². The predicted octanol–water partition coefficient (Wildman–Crippen LogP) is 6.01. The van der Waals surface area contributed by atoms with Crippen molar-refractivity contribution in [1.82, 2.24) is 9.97 Å². The molecule has 1 N–H and O–H groups in total. The summed E-state index contributed by atoms with van der Waals surface area (Å²) >= 11 is 1.72. The lowest BCUT2D eigenvalue weighted by atomic mass is 10.1. The third-order valence-corrected chi connectivity index (χ3v) is 6.05. The second-order valence-corrected chi connectivity index (χ2v) is 7.88. The molecule has 4 aromatic rings. The van der Waals surface area contributed by atoms with Crippen LogP contribution in [0, 0.1) is 0 Å². The van der Waals surface area contributed by atoms with Gasteiger partial charge < -0.3 is 5.32 Å². The minimum Gasteiger partial charge on any atom is -0.340 e. The zero-order valence-corrected chi connectivity index (χ0v) is 15.7. The van der Waals surface area contributed by atoms with Crippen molar-refractivity contribution in [2.24, 2.45) is 0 Å². The predicted molar refractivity (Wildman–Crippen MR) is 112 cm³/mol. The van der Waals surface area contributed by atoms with Crippen molar-refractivity contribution in [3.63, 3.8) is 0 Å². The summed E-state index contributed by atoms with van der Waals surface area (Å²) in [5.41, 5.74) is 4.07. The number of rotatable bonds is 4. The molecule has 4 heteroatoms. The number of nitrogens with one attached hydrogen (secondary N) is 1.